The molecule has 3 aliphatic rings. The van der Waals surface area contributed by atoms with E-state index in [9.17, 15) is 4.79 Å². The summed E-state index contributed by atoms with van der Waals surface area (Å²) in [6.07, 6.45) is 6.45. The average molecular weight is 344 g/mol. The van der Waals surface area contributed by atoms with Crippen LogP contribution in [0, 0.1) is 5.41 Å². The highest BCUT2D eigenvalue weighted by Gasteiger charge is 2.42. The second-order valence-electron chi connectivity index (χ2n) is 7.74. The lowest BCUT2D eigenvalue weighted by atomic mass is 9.80. The maximum Gasteiger partial charge on any atom is 0.317 e. The van der Waals surface area contributed by atoms with Crippen LogP contribution in [-0.2, 0) is 4.74 Å². The fourth-order valence-electron chi connectivity index (χ4n) is 4.48. The summed E-state index contributed by atoms with van der Waals surface area (Å²) in [5, 5.41) is 3.24. The summed E-state index contributed by atoms with van der Waals surface area (Å²) in [4.78, 5) is 14.8. The van der Waals surface area contributed by atoms with E-state index in [1.54, 1.807) is 0 Å². The summed E-state index contributed by atoms with van der Waals surface area (Å²) >= 11 is 0. The van der Waals surface area contributed by atoms with E-state index >= 15 is 0 Å². The highest BCUT2D eigenvalue weighted by atomic mass is 16.5. The van der Waals surface area contributed by atoms with Crippen LogP contribution in [-0.4, -0.2) is 49.4 Å². The van der Waals surface area contributed by atoms with Crippen molar-refractivity contribution in [1.82, 2.24) is 10.2 Å². The number of nitrogens with zero attached hydrogens (tertiary/aromatic N) is 1. The van der Waals surface area contributed by atoms with Crippen molar-refractivity contribution in [2.45, 2.75) is 50.7 Å². The predicted octanol–water partition coefficient (Wildman–Crippen LogP) is 3.20. The predicted molar refractivity (Wildman–Crippen MR) is 95.7 cm³/mol. The summed E-state index contributed by atoms with van der Waals surface area (Å²) in [6.45, 7) is 3.41. The third-order valence-electron chi connectivity index (χ3n) is 6.07. The van der Waals surface area contributed by atoms with Crippen LogP contribution in [0.5, 0.6) is 5.75 Å². The van der Waals surface area contributed by atoms with Crippen molar-refractivity contribution in [2.75, 3.05) is 26.3 Å². The van der Waals surface area contributed by atoms with Gasteiger partial charge in [-0.3, -0.25) is 0 Å². The van der Waals surface area contributed by atoms with E-state index in [2.05, 4.69) is 5.32 Å². The van der Waals surface area contributed by atoms with Gasteiger partial charge in [-0.05, 0) is 56.1 Å². The fraction of sp³-hybridized carbons (Fsp3) is 0.650. The van der Waals surface area contributed by atoms with E-state index in [0.717, 1.165) is 70.6 Å². The molecule has 0 radical (unpaired) electrons. The van der Waals surface area contributed by atoms with Gasteiger partial charge in [0.15, 0.2) is 0 Å². The lowest BCUT2D eigenvalue weighted by Gasteiger charge is -2.33. The highest BCUT2D eigenvalue weighted by Crippen LogP contribution is 2.39. The number of carbonyl (C=O) groups is 1. The van der Waals surface area contributed by atoms with Gasteiger partial charge in [-0.25, -0.2) is 4.79 Å². The molecule has 2 atom stereocenters. The number of likely N-dealkylation sites (tertiary alicyclic amines) is 1. The lowest BCUT2D eigenvalue weighted by Crippen LogP contribution is -2.48. The Balaban J connectivity index is 1.32. The minimum Gasteiger partial charge on any atom is -0.488 e. The Morgan fingerprint density at radius 1 is 1.16 bits per heavy atom. The smallest absolute Gasteiger partial charge is 0.317 e. The second kappa shape index (κ2) is 7.24. The first-order valence-electron chi connectivity index (χ1n) is 9.59. The Morgan fingerprint density at radius 3 is 2.76 bits per heavy atom. The Kier molecular flexibility index (Phi) is 4.84. The van der Waals surface area contributed by atoms with E-state index in [0.29, 0.717) is 5.41 Å². The van der Waals surface area contributed by atoms with E-state index in [-0.39, 0.29) is 18.2 Å². The van der Waals surface area contributed by atoms with Crippen LogP contribution in [0.4, 0.5) is 4.79 Å². The Bertz CT molecular complexity index is 586. The van der Waals surface area contributed by atoms with Gasteiger partial charge in [-0.1, -0.05) is 18.2 Å². The Morgan fingerprint density at radius 2 is 1.96 bits per heavy atom. The molecule has 2 heterocycles. The number of hydrogen-bond acceptors (Lipinski definition) is 3. The maximum atomic E-state index is 12.8. The molecule has 5 heteroatoms. The van der Waals surface area contributed by atoms with Crippen molar-refractivity contribution in [3.05, 3.63) is 30.3 Å². The van der Waals surface area contributed by atoms with Gasteiger partial charge < -0.3 is 19.7 Å². The molecular weight excluding hydrogens is 316 g/mol. The van der Waals surface area contributed by atoms with Crippen LogP contribution >= 0.6 is 0 Å². The van der Waals surface area contributed by atoms with Crippen LogP contribution in [0.1, 0.15) is 38.5 Å². The topological polar surface area (TPSA) is 50.8 Å². The summed E-state index contributed by atoms with van der Waals surface area (Å²) in [5.74, 6) is 0.885. The Labute approximate surface area is 149 Å². The molecule has 136 valence electrons. The molecule has 2 amide bonds. The molecule has 1 aromatic rings. The van der Waals surface area contributed by atoms with Crippen molar-refractivity contribution < 1.29 is 14.3 Å². The number of para-hydroxylation sites is 1. The molecule has 25 heavy (non-hydrogen) atoms. The zero-order valence-corrected chi connectivity index (χ0v) is 14.8. The van der Waals surface area contributed by atoms with Crippen molar-refractivity contribution in [1.29, 1.82) is 0 Å². The number of rotatable bonds is 3. The van der Waals surface area contributed by atoms with Crippen molar-refractivity contribution >= 4 is 6.03 Å². The molecule has 1 spiro atoms. The molecule has 0 bridgehead atoms. The van der Waals surface area contributed by atoms with Gasteiger partial charge in [-0.15, -0.1) is 0 Å². The number of carbonyl (C=O) groups excluding carboxylic acids is 1. The van der Waals surface area contributed by atoms with Gasteiger partial charge in [0.25, 0.3) is 0 Å². The van der Waals surface area contributed by atoms with Crippen LogP contribution in [0.2, 0.25) is 0 Å². The van der Waals surface area contributed by atoms with Crippen LogP contribution in [0.3, 0.4) is 0 Å². The van der Waals surface area contributed by atoms with Gasteiger partial charge in [0, 0.05) is 26.3 Å². The number of amides is 2. The number of hydrogen-bond donors (Lipinski definition) is 1. The van der Waals surface area contributed by atoms with E-state index in [4.69, 9.17) is 9.47 Å². The van der Waals surface area contributed by atoms with Crippen LogP contribution < -0.4 is 10.1 Å². The van der Waals surface area contributed by atoms with Crippen molar-refractivity contribution in [3.63, 3.8) is 0 Å². The third-order valence-corrected chi connectivity index (χ3v) is 6.07. The molecule has 2 saturated heterocycles. The first-order chi connectivity index (χ1) is 12.2. The highest BCUT2D eigenvalue weighted by molar-refractivity contribution is 5.75. The normalized spacial score (nSPS) is 28.2. The van der Waals surface area contributed by atoms with Crippen molar-refractivity contribution in [3.8, 4) is 5.75 Å². The number of ether oxygens (including phenoxy) is 2. The standard InChI is InChI=1S/C20H28N2O3/c23-19(22-12-9-20(15-22)10-13-24-14-11-20)21-17-7-4-8-18(17)25-16-5-2-1-3-6-16/h1-3,5-6,17-18H,4,7-15H2,(H,21,23)/t17-,18-/m0/s1. The second-order valence-corrected chi connectivity index (χ2v) is 7.74. The van der Waals surface area contributed by atoms with Gasteiger partial charge in [0.2, 0.25) is 0 Å². The molecule has 3 fully saturated rings. The monoisotopic (exact) mass is 344 g/mol. The summed E-state index contributed by atoms with van der Waals surface area (Å²) in [7, 11) is 0. The minimum atomic E-state index is 0.0750. The van der Waals surface area contributed by atoms with Crippen LogP contribution in [0.25, 0.3) is 0 Å². The number of urea groups is 1. The largest absolute Gasteiger partial charge is 0.488 e. The third kappa shape index (κ3) is 3.76. The van der Waals surface area contributed by atoms with E-state index in [1.807, 2.05) is 35.2 Å². The number of benzene rings is 1. The van der Waals surface area contributed by atoms with Gasteiger partial charge in [-0.2, -0.15) is 0 Å². The molecule has 5 nitrogen and oxygen atoms in total. The van der Waals surface area contributed by atoms with Gasteiger partial charge in [0.1, 0.15) is 11.9 Å². The summed E-state index contributed by atoms with van der Waals surface area (Å²) in [5.41, 5.74) is 0.297. The van der Waals surface area contributed by atoms with Gasteiger partial charge >= 0.3 is 6.03 Å². The molecule has 0 aromatic heterocycles. The van der Waals surface area contributed by atoms with Crippen LogP contribution in [0.15, 0.2) is 30.3 Å². The molecule has 0 unspecified atom stereocenters. The fourth-order valence-corrected chi connectivity index (χ4v) is 4.48. The quantitative estimate of drug-likeness (QED) is 0.916. The Hall–Kier alpha value is -1.75. The van der Waals surface area contributed by atoms with Crippen molar-refractivity contribution in [2.24, 2.45) is 5.41 Å². The van der Waals surface area contributed by atoms with E-state index < -0.39 is 0 Å². The average Bonchev–Trinajstić information content (AvgIpc) is 3.24. The first kappa shape index (κ1) is 16.7. The molecule has 1 saturated carbocycles. The molecule has 1 aliphatic carbocycles. The first-order valence-corrected chi connectivity index (χ1v) is 9.59. The number of nitrogens with one attached hydrogen (secondary N) is 1. The molecule has 1 aromatic carbocycles. The maximum absolute atomic E-state index is 12.8. The molecule has 4 rings (SSSR count). The summed E-state index contributed by atoms with van der Waals surface area (Å²) < 4.78 is 11.6. The zero-order valence-electron chi connectivity index (χ0n) is 14.8. The summed E-state index contributed by atoms with van der Waals surface area (Å²) in [6, 6.07) is 10.1. The minimum absolute atomic E-state index is 0.0750. The lowest BCUT2D eigenvalue weighted by molar-refractivity contribution is 0.0207. The van der Waals surface area contributed by atoms with Gasteiger partial charge in [0.05, 0.1) is 6.04 Å². The van der Waals surface area contributed by atoms with E-state index in [1.165, 1.54) is 0 Å². The molecule has 1 N–H and O–H groups in total. The zero-order chi connectivity index (χ0) is 17.1. The molecular formula is C20H28N2O3. The SMILES string of the molecule is O=C(N[C@H]1CCC[C@@H]1Oc1ccccc1)N1CCC2(CCOCC2)C1. The molecule has 2 aliphatic heterocycles.